The summed E-state index contributed by atoms with van der Waals surface area (Å²) >= 11 is 0. The first-order valence-corrected chi connectivity index (χ1v) is 10.3. The lowest BCUT2D eigenvalue weighted by Crippen LogP contribution is -2.14. The monoisotopic (exact) mass is 436 g/mol. The molecule has 0 saturated heterocycles. The molecule has 8 heteroatoms. The molecule has 0 radical (unpaired) electrons. The molecule has 3 aromatic heterocycles. The Morgan fingerprint density at radius 1 is 0.970 bits per heavy atom. The van der Waals surface area contributed by atoms with Crippen LogP contribution in [0.3, 0.4) is 0 Å². The number of pyridine rings is 1. The molecule has 0 saturated carbocycles. The number of phenols is 1. The Bertz CT molecular complexity index is 1480. The van der Waals surface area contributed by atoms with Gasteiger partial charge >= 0.3 is 0 Å². The Hall–Kier alpha value is -4.59. The molecular formula is C25H20N6O2. The molecule has 0 fully saturated rings. The van der Waals surface area contributed by atoms with E-state index in [2.05, 4.69) is 20.4 Å². The SMILES string of the molecule is Cc1nn(C)c2nc(-c3ccccc3)cc(C(=O)Nc3cnc(-c4cccc(O)c4)nc3)c12. The molecule has 33 heavy (non-hydrogen) atoms. The number of carbonyl (C=O) groups is 1. The largest absolute Gasteiger partial charge is 0.508 e. The Kier molecular flexibility index (Phi) is 5.02. The summed E-state index contributed by atoms with van der Waals surface area (Å²) in [7, 11) is 1.81. The smallest absolute Gasteiger partial charge is 0.256 e. The number of aromatic nitrogens is 5. The van der Waals surface area contributed by atoms with Gasteiger partial charge in [0.25, 0.3) is 5.91 Å². The highest BCUT2D eigenvalue weighted by atomic mass is 16.3. The van der Waals surface area contributed by atoms with Crippen molar-refractivity contribution in [2.24, 2.45) is 7.05 Å². The van der Waals surface area contributed by atoms with E-state index in [-0.39, 0.29) is 11.7 Å². The van der Waals surface area contributed by atoms with Crippen molar-refractivity contribution in [1.29, 1.82) is 0 Å². The van der Waals surface area contributed by atoms with E-state index in [9.17, 15) is 9.90 Å². The second-order valence-corrected chi connectivity index (χ2v) is 7.63. The van der Waals surface area contributed by atoms with Crippen LogP contribution in [-0.4, -0.2) is 35.7 Å². The molecule has 0 aliphatic heterocycles. The Balaban J connectivity index is 1.50. The van der Waals surface area contributed by atoms with Crippen molar-refractivity contribution in [2.75, 3.05) is 5.32 Å². The van der Waals surface area contributed by atoms with Gasteiger partial charge in [-0.25, -0.2) is 15.0 Å². The maximum atomic E-state index is 13.3. The van der Waals surface area contributed by atoms with Gasteiger partial charge in [0.2, 0.25) is 0 Å². The van der Waals surface area contributed by atoms with E-state index in [1.807, 2.05) is 44.3 Å². The van der Waals surface area contributed by atoms with E-state index in [4.69, 9.17) is 4.98 Å². The minimum Gasteiger partial charge on any atom is -0.508 e. The Morgan fingerprint density at radius 3 is 2.42 bits per heavy atom. The lowest BCUT2D eigenvalue weighted by atomic mass is 10.0. The minimum absolute atomic E-state index is 0.135. The third-order valence-electron chi connectivity index (χ3n) is 5.30. The first-order valence-electron chi connectivity index (χ1n) is 10.3. The van der Waals surface area contributed by atoms with Crippen LogP contribution in [0.1, 0.15) is 16.1 Å². The van der Waals surface area contributed by atoms with Crippen molar-refractivity contribution >= 4 is 22.6 Å². The molecule has 1 amide bonds. The lowest BCUT2D eigenvalue weighted by molar-refractivity contribution is 0.102. The van der Waals surface area contributed by atoms with Crippen LogP contribution >= 0.6 is 0 Å². The molecule has 0 bridgehead atoms. The zero-order valence-electron chi connectivity index (χ0n) is 18.0. The predicted octanol–water partition coefficient (Wildman–Crippen LogP) is 4.36. The van der Waals surface area contributed by atoms with Crippen LogP contribution in [0.5, 0.6) is 5.75 Å². The molecule has 3 heterocycles. The quantitative estimate of drug-likeness (QED) is 0.434. The predicted molar refractivity (Wildman–Crippen MR) is 126 cm³/mol. The van der Waals surface area contributed by atoms with E-state index in [0.717, 1.165) is 11.3 Å². The second kappa shape index (κ2) is 8.16. The van der Waals surface area contributed by atoms with Gasteiger partial charge in [0.1, 0.15) is 5.75 Å². The van der Waals surface area contributed by atoms with Crippen molar-refractivity contribution in [3.63, 3.8) is 0 Å². The van der Waals surface area contributed by atoms with Crippen LogP contribution in [-0.2, 0) is 7.05 Å². The highest BCUT2D eigenvalue weighted by molar-refractivity contribution is 6.13. The molecule has 0 unspecified atom stereocenters. The normalized spacial score (nSPS) is 11.0. The van der Waals surface area contributed by atoms with E-state index in [1.54, 1.807) is 35.0 Å². The van der Waals surface area contributed by atoms with Crippen LogP contribution in [0.25, 0.3) is 33.7 Å². The zero-order valence-corrected chi connectivity index (χ0v) is 18.0. The molecule has 5 aromatic rings. The van der Waals surface area contributed by atoms with Crippen LogP contribution in [0, 0.1) is 6.92 Å². The molecular weight excluding hydrogens is 416 g/mol. The third kappa shape index (κ3) is 3.89. The van der Waals surface area contributed by atoms with Gasteiger partial charge in [-0.1, -0.05) is 42.5 Å². The highest BCUT2D eigenvalue weighted by Crippen LogP contribution is 2.27. The first-order chi connectivity index (χ1) is 16.0. The maximum Gasteiger partial charge on any atom is 0.256 e. The number of aromatic hydroxyl groups is 1. The molecule has 0 atom stereocenters. The fourth-order valence-electron chi connectivity index (χ4n) is 3.77. The summed E-state index contributed by atoms with van der Waals surface area (Å²) in [5.41, 5.74) is 4.56. The number of hydrogen-bond donors (Lipinski definition) is 2. The number of carbonyl (C=O) groups excluding carboxylic acids is 1. The van der Waals surface area contributed by atoms with Gasteiger partial charge in [-0.3, -0.25) is 9.48 Å². The minimum atomic E-state index is -0.301. The van der Waals surface area contributed by atoms with E-state index in [1.165, 1.54) is 12.4 Å². The first kappa shape index (κ1) is 20.3. The topological polar surface area (TPSA) is 106 Å². The van der Waals surface area contributed by atoms with Gasteiger partial charge in [0, 0.05) is 18.2 Å². The van der Waals surface area contributed by atoms with Crippen molar-refractivity contribution in [2.45, 2.75) is 6.92 Å². The average Bonchev–Trinajstić information content (AvgIpc) is 3.13. The third-order valence-corrected chi connectivity index (χ3v) is 5.30. The fraction of sp³-hybridized carbons (Fsp3) is 0.0800. The van der Waals surface area contributed by atoms with E-state index in [0.29, 0.717) is 39.4 Å². The number of nitrogens with zero attached hydrogens (tertiary/aromatic N) is 5. The Labute approximate surface area is 189 Å². The number of phenolic OH excluding ortho intramolecular Hbond substituents is 1. The average molecular weight is 436 g/mol. The van der Waals surface area contributed by atoms with Gasteiger partial charge in [-0.05, 0) is 25.1 Å². The Morgan fingerprint density at radius 2 is 1.70 bits per heavy atom. The molecule has 2 aromatic carbocycles. The molecule has 5 rings (SSSR count). The fourth-order valence-corrected chi connectivity index (χ4v) is 3.77. The highest BCUT2D eigenvalue weighted by Gasteiger charge is 2.19. The number of hydrogen-bond acceptors (Lipinski definition) is 6. The number of fused-ring (bicyclic) bond motifs is 1. The van der Waals surface area contributed by atoms with Crippen LogP contribution < -0.4 is 5.32 Å². The van der Waals surface area contributed by atoms with Gasteiger partial charge in [-0.2, -0.15) is 5.10 Å². The molecule has 8 nitrogen and oxygen atoms in total. The summed E-state index contributed by atoms with van der Waals surface area (Å²) in [4.78, 5) is 26.7. The number of nitrogens with one attached hydrogen (secondary N) is 1. The summed E-state index contributed by atoms with van der Waals surface area (Å²) < 4.78 is 1.68. The zero-order chi connectivity index (χ0) is 22.9. The standard InChI is InChI=1S/C25H20N6O2/c1-15-22-20(12-21(16-7-4-3-5-8-16)29-24(22)31(2)30-15)25(33)28-18-13-26-23(27-14-18)17-9-6-10-19(32)11-17/h3-14,32H,1-2H3,(H,28,33). The van der Waals surface area contributed by atoms with Crippen molar-refractivity contribution in [1.82, 2.24) is 24.7 Å². The van der Waals surface area contributed by atoms with Crippen LogP contribution in [0.15, 0.2) is 73.1 Å². The number of anilines is 1. The molecule has 2 N–H and O–H groups in total. The molecule has 0 spiro atoms. The van der Waals surface area contributed by atoms with Crippen molar-refractivity contribution in [3.05, 3.63) is 84.3 Å². The number of amides is 1. The molecule has 0 aliphatic rings. The molecule has 162 valence electrons. The second-order valence-electron chi connectivity index (χ2n) is 7.63. The van der Waals surface area contributed by atoms with Gasteiger partial charge in [0.15, 0.2) is 11.5 Å². The van der Waals surface area contributed by atoms with Crippen molar-refractivity contribution in [3.8, 4) is 28.4 Å². The van der Waals surface area contributed by atoms with Gasteiger partial charge in [-0.15, -0.1) is 0 Å². The van der Waals surface area contributed by atoms with Crippen LogP contribution in [0.2, 0.25) is 0 Å². The van der Waals surface area contributed by atoms with Gasteiger partial charge in [0.05, 0.1) is 40.4 Å². The van der Waals surface area contributed by atoms with E-state index < -0.39 is 0 Å². The summed E-state index contributed by atoms with van der Waals surface area (Å²) in [6.07, 6.45) is 3.08. The van der Waals surface area contributed by atoms with Crippen LogP contribution in [0.4, 0.5) is 5.69 Å². The number of aryl methyl sites for hydroxylation is 2. The summed E-state index contributed by atoms with van der Waals surface area (Å²) in [5, 5.41) is 17.7. The van der Waals surface area contributed by atoms with Crippen molar-refractivity contribution < 1.29 is 9.90 Å². The van der Waals surface area contributed by atoms with E-state index >= 15 is 0 Å². The maximum absolute atomic E-state index is 13.3. The summed E-state index contributed by atoms with van der Waals surface area (Å²) in [6.45, 7) is 1.86. The summed E-state index contributed by atoms with van der Waals surface area (Å²) in [5.74, 6) is 0.283. The number of rotatable bonds is 4. The molecule has 0 aliphatic carbocycles. The summed E-state index contributed by atoms with van der Waals surface area (Å²) in [6, 6.07) is 18.2. The van der Waals surface area contributed by atoms with Gasteiger partial charge < -0.3 is 10.4 Å². The lowest BCUT2D eigenvalue weighted by Gasteiger charge is -2.10. The number of benzene rings is 2.